The maximum Gasteiger partial charge on any atom is 0.226 e. The standard InChI is InChI=1S/C20H26N2O3/c23-19(21-17-13-25-18-10-4-3-9-16(17)18)14-7-1-2-8-15(14)20(24)22-11-5-6-12-22/h3-4,9-10,14-15,17H,1-2,5-8,11-13H2,(H,21,23)/t14-,15-,17-/m1/s1. The average molecular weight is 342 g/mol. The smallest absolute Gasteiger partial charge is 0.226 e. The van der Waals surface area contributed by atoms with Crippen molar-refractivity contribution in [2.24, 2.45) is 11.8 Å². The van der Waals surface area contributed by atoms with Crippen molar-refractivity contribution in [3.63, 3.8) is 0 Å². The molecular weight excluding hydrogens is 316 g/mol. The van der Waals surface area contributed by atoms with E-state index in [1.807, 2.05) is 29.2 Å². The lowest BCUT2D eigenvalue weighted by atomic mass is 9.77. The summed E-state index contributed by atoms with van der Waals surface area (Å²) in [6.07, 6.45) is 5.90. The Labute approximate surface area is 148 Å². The Hall–Kier alpha value is -2.04. The molecule has 0 bridgehead atoms. The number of hydrogen-bond donors (Lipinski definition) is 1. The number of likely N-dealkylation sites (tertiary alicyclic amines) is 1. The third-order valence-electron chi connectivity index (χ3n) is 5.85. The van der Waals surface area contributed by atoms with Crippen LogP contribution < -0.4 is 10.1 Å². The van der Waals surface area contributed by atoms with Crippen LogP contribution in [0, 0.1) is 11.8 Å². The highest BCUT2D eigenvalue weighted by molar-refractivity contribution is 5.88. The van der Waals surface area contributed by atoms with Gasteiger partial charge in [0.1, 0.15) is 12.4 Å². The first-order valence-electron chi connectivity index (χ1n) is 9.55. The summed E-state index contributed by atoms with van der Waals surface area (Å²) < 4.78 is 5.66. The van der Waals surface area contributed by atoms with Crippen LogP contribution in [0.15, 0.2) is 24.3 Å². The molecule has 25 heavy (non-hydrogen) atoms. The van der Waals surface area contributed by atoms with Gasteiger partial charge in [-0.15, -0.1) is 0 Å². The van der Waals surface area contributed by atoms with E-state index in [-0.39, 0.29) is 29.7 Å². The summed E-state index contributed by atoms with van der Waals surface area (Å²) in [4.78, 5) is 27.8. The largest absolute Gasteiger partial charge is 0.491 e. The van der Waals surface area contributed by atoms with Crippen LogP contribution >= 0.6 is 0 Å². The fourth-order valence-electron chi connectivity index (χ4n) is 4.47. The van der Waals surface area contributed by atoms with Gasteiger partial charge in [-0.05, 0) is 31.7 Å². The van der Waals surface area contributed by atoms with E-state index < -0.39 is 0 Å². The molecule has 2 fully saturated rings. The zero-order chi connectivity index (χ0) is 17.2. The van der Waals surface area contributed by atoms with Gasteiger partial charge < -0.3 is 15.0 Å². The number of carbonyl (C=O) groups is 2. The lowest BCUT2D eigenvalue weighted by Gasteiger charge is -2.33. The fourth-order valence-corrected chi connectivity index (χ4v) is 4.47. The topological polar surface area (TPSA) is 58.6 Å². The molecule has 5 heteroatoms. The van der Waals surface area contributed by atoms with E-state index >= 15 is 0 Å². The van der Waals surface area contributed by atoms with Crippen molar-refractivity contribution in [3.8, 4) is 5.75 Å². The third-order valence-corrected chi connectivity index (χ3v) is 5.85. The first-order chi connectivity index (χ1) is 12.2. The number of hydrogen-bond acceptors (Lipinski definition) is 3. The fraction of sp³-hybridized carbons (Fsp3) is 0.600. The molecule has 134 valence electrons. The molecule has 0 aromatic heterocycles. The van der Waals surface area contributed by atoms with Gasteiger partial charge in [0.15, 0.2) is 0 Å². The molecule has 0 spiro atoms. The lowest BCUT2D eigenvalue weighted by molar-refractivity contribution is -0.143. The minimum absolute atomic E-state index is 0.0162. The van der Waals surface area contributed by atoms with Crippen LogP contribution in [0.2, 0.25) is 0 Å². The number of benzene rings is 1. The molecule has 3 atom stereocenters. The second-order valence-electron chi connectivity index (χ2n) is 7.44. The van der Waals surface area contributed by atoms with E-state index in [1.54, 1.807) is 0 Å². The number of fused-ring (bicyclic) bond motifs is 1. The summed E-state index contributed by atoms with van der Waals surface area (Å²) in [5.41, 5.74) is 1.04. The zero-order valence-corrected chi connectivity index (χ0v) is 14.6. The van der Waals surface area contributed by atoms with Crippen molar-refractivity contribution in [1.82, 2.24) is 10.2 Å². The molecule has 0 unspecified atom stereocenters. The number of nitrogens with one attached hydrogen (secondary N) is 1. The minimum atomic E-state index is -0.199. The van der Waals surface area contributed by atoms with Crippen LogP contribution in [0.25, 0.3) is 0 Å². The maximum absolute atomic E-state index is 13.0. The molecule has 1 aromatic carbocycles. The third kappa shape index (κ3) is 3.24. The van der Waals surface area contributed by atoms with Gasteiger partial charge in [0, 0.05) is 30.5 Å². The molecule has 4 rings (SSSR count). The number of rotatable bonds is 3. The van der Waals surface area contributed by atoms with E-state index in [0.717, 1.165) is 62.9 Å². The Morgan fingerprint density at radius 3 is 2.52 bits per heavy atom. The van der Waals surface area contributed by atoms with Crippen LogP contribution in [-0.4, -0.2) is 36.4 Å². The quantitative estimate of drug-likeness (QED) is 0.919. The highest BCUT2D eigenvalue weighted by atomic mass is 16.5. The van der Waals surface area contributed by atoms with Gasteiger partial charge >= 0.3 is 0 Å². The lowest BCUT2D eigenvalue weighted by Crippen LogP contribution is -2.45. The molecule has 1 N–H and O–H groups in total. The SMILES string of the molecule is O=C(N[C@@H]1COc2ccccc21)[C@@H]1CCCC[C@H]1C(=O)N1CCCC1. The molecule has 2 aliphatic heterocycles. The number of para-hydroxylation sites is 1. The number of ether oxygens (including phenoxy) is 1. The summed E-state index contributed by atoms with van der Waals surface area (Å²) in [5.74, 6) is 0.711. The molecular formula is C20H26N2O3. The molecule has 1 saturated heterocycles. The maximum atomic E-state index is 13.0. The van der Waals surface area contributed by atoms with Crippen molar-refractivity contribution in [3.05, 3.63) is 29.8 Å². The van der Waals surface area contributed by atoms with Crippen molar-refractivity contribution in [1.29, 1.82) is 0 Å². The molecule has 1 aliphatic carbocycles. The van der Waals surface area contributed by atoms with Crippen molar-refractivity contribution < 1.29 is 14.3 Å². The molecule has 0 radical (unpaired) electrons. The first-order valence-corrected chi connectivity index (χ1v) is 9.55. The van der Waals surface area contributed by atoms with Gasteiger partial charge in [0.05, 0.1) is 6.04 Å². The summed E-state index contributed by atoms with van der Waals surface area (Å²) in [6, 6.07) is 7.73. The van der Waals surface area contributed by atoms with E-state index in [1.165, 1.54) is 0 Å². The molecule has 3 aliphatic rings. The van der Waals surface area contributed by atoms with Crippen molar-refractivity contribution >= 4 is 11.8 Å². The predicted octanol–water partition coefficient (Wildman–Crippen LogP) is 2.67. The van der Waals surface area contributed by atoms with E-state index in [0.29, 0.717) is 6.61 Å². The Morgan fingerprint density at radius 1 is 1.00 bits per heavy atom. The summed E-state index contributed by atoms with van der Waals surface area (Å²) >= 11 is 0. The average Bonchev–Trinajstić information content (AvgIpc) is 3.32. The summed E-state index contributed by atoms with van der Waals surface area (Å²) in [7, 11) is 0. The predicted molar refractivity (Wildman–Crippen MR) is 94.1 cm³/mol. The normalized spacial score (nSPS) is 28.3. The second kappa shape index (κ2) is 7.06. The van der Waals surface area contributed by atoms with Gasteiger partial charge in [-0.1, -0.05) is 31.0 Å². The molecule has 1 aromatic rings. The van der Waals surface area contributed by atoms with E-state index in [2.05, 4.69) is 5.32 Å². The monoisotopic (exact) mass is 342 g/mol. The van der Waals surface area contributed by atoms with Gasteiger partial charge in [-0.25, -0.2) is 0 Å². The highest BCUT2D eigenvalue weighted by Gasteiger charge is 2.39. The van der Waals surface area contributed by atoms with Gasteiger partial charge in [0.25, 0.3) is 0 Å². The number of nitrogens with zero attached hydrogens (tertiary/aromatic N) is 1. The Morgan fingerprint density at radius 2 is 1.72 bits per heavy atom. The molecule has 2 heterocycles. The van der Waals surface area contributed by atoms with Crippen molar-refractivity contribution in [2.75, 3.05) is 19.7 Å². The Bertz CT molecular complexity index is 654. The second-order valence-corrected chi connectivity index (χ2v) is 7.44. The summed E-state index contributed by atoms with van der Waals surface area (Å²) in [6.45, 7) is 2.18. The first kappa shape index (κ1) is 16.4. The van der Waals surface area contributed by atoms with E-state index in [4.69, 9.17) is 4.74 Å². The Kier molecular flexibility index (Phi) is 4.64. The molecule has 5 nitrogen and oxygen atoms in total. The van der Waals surface area contributed by atoms with Crippen LogP contribution in [-0.2, 0) is 9.59 Å². The van der Waals surface area contributed by atoms with Crippen LogP contribution in [0.3, 0.4) is 0 Å². The van der Waals surface area contributed by atoms with Crippen LogP contribution in [0.1, 0.15) is 50.1 Å². The number of carbonyl (C=O) groups excluding carboxylic acids is 2. The molecule has 1 saturated carbocycles. The van der Waals surface area contributed by atoms with Gasteiger partial charge in [0.2, 0.25) is 11.8 Å². The van der Waals surface area contributed by atoms with E-state index in [9.17, 15) is 9.59 Å². The Balaban J connectivity index is 1.45. The van der Waals surface area contributed by atoms with Gasteiger partial charge in [-0.3, -0.25) is 9.59 Å². The highest BCUT2D eigenvalue weighted by Crippen LogP contribution is 2.35. The van der Waals surface area contributed by atoms with Crippen LogP contribution in [0.5, 0.6) is 5.75 Å². The molecule has 2 amide bonds. The van der Waals surface area contributed by atoms with Crippen molar-refractivity contribution in [2.45, 2.75) is 44.6 Å². The summed E-state index contributed by atoms with van der Waals surface area (Å²) in [5, 5.41) is 3.15. The minimum Gasteiger partial charge on any atom is -0.491 e. The number of amides is 2. The van der Waals surface area contributed by atoms with Gasteiger partial charge in [-0.2, -0.15) is 0 Å². The zero-order valence-electron chi connectivity index (χ0n) is 14.6. The van der Waals surface area contributed by atoms with Crippen LogP contribution in [0.4, 0.5) is 0 Å².